The van der Waals surface area contributed by atoms with Gasteiger partial charge in [-0.1, -0.05) is 26.2 Å². The lowest BCUT2D eigenvalue weighted by atomic mass is 10.1. The minimum absolute atomic E-state index is 0.00900. The summed E-state index contributed by atoms with van der Waals surface area (Å²) in [6.45, 7) is 6.99. The van der Waals surface area contributed by atoms with Gasteiger partial charge in [-0.2, -0.15) is 0 Å². The van der Waals surface area contributed by atoms with Crippen molar-refractivity contribution < 1.29 is 9.84 Å². The van der Waals surface area contributed by atoms with Crippen LogP contribution in [0.3, 0.4) is 0 Å². The van der Waals surface area contributed by atoms with Crippen LogP contribution >= 0.6 is 0 Å². The normalized spacial score (nSPS) is 12.2. The molecule has 1 rings (SSSR count). The van der Waals surface area contributed by atoms with E-state index in [2.05, 4.69) is 19.2 Å². The van der Waals surface area contributed by atoms with E-state index in [1.165, 1.54) is 25.7 Å². The number of hydrogen-bond donors (Lipinski definition) is 2. The SMILES string of the molecule is CCCCCC(C)Nc1ccc(OCC)c(CO)c1. The maximum Gasteiger partial charge on any atom is 0.124 e. The molecule has 19 heavy (non-hydrogen) atoms. The number of aliphatic hydroxyl groups is 1. The van der Waals surface area contributed by atoms with Crippen molar-refractivity contribution in [3.05, 3.63) is 23.8 Å². The van der Waals surface area contributed by atoms with Gasteiger partial charge in [-0.05, 0) is 38.5 Å². The highest BCUT2D eigenvalue weighted by Gasteiger charge is 2.06. The average molecular weight is 265 g/mol. The van der Waals surface area contributed by atoms with Crippen molar-refractivity contribution in [1.82, 2.24) is 0 Å². The van der Waals surface area contributed by atoms with Gasteiger partial charge < -0.3 is 15.2 Å². The van der Waals surface area contributed by atoms with Gasteiger partial charge in [-0.3, -0.25) is 0 Å². The van der Waals surface area contributed by atoms with Crippen LogP contribution in [-0.4, -0.2) is 17.8 Å². The van der Waals surface area contributed by atoms with Gasteiger partial charge in [0.15, 0.2) is 0 Å². The van der Waals surface area contributed by atoms with Gasteiger partial charge in [0.25, 0.3) is 0 Å². The summed E-state index contributed by atoms with van der Waals surface area (Å²) in [4.78, 5) is 0. The van der Waals surface area contributed by atoms with Gasteiger partial charge in [0.05, 0.1) is 13.2 Å². The maximum atomic E-state index is 9.37. The van der Waals surface area contributed by atoms with Crippen LogP contribution in [-0.2, 0) is 6.61 Å². The number of aliphatic hydroxyl groups excluding tert-OH is 1. The minimum atomic E-state index is 0.00900. The lowest BCUT2D eigenvalue weighted by Crippen LogP contribution is -2.15. The van der Waals surface area contributed by atoms with E-state index >= 15 is 0 Å². The largest absolute Gasteiger partial charge is 0.494 e. The second-order valence-electron chi connectivity index (χ2n) is 4.95. The molecule has 1 unspecified atom stereocenters. The molecule has 3 nitrogen and oxygen atoms in total. The number of unbranched alkanes of at least 4 members (excludes halogenated alkanes) is 2. The first kappa shape index (κ1) is 15.8. The van der Waals surface area contributed by atoms with Crippen LogP contribution in [0.15, 0.2) is 18.2 Å². The molecular weight excluding hydrogens is 238 g/mol. The summed E-state index contributed by atoms with van der Waals surface area (Å²) in [5.41, 5.74) is 1.89. The van der Waals surface area contributed by atoms with Crippen molar-refractivity contribution in [1.29, 1.82) is 0 Å². The van der Waals surface area contributed by atoms with E-state index < -0.39 is 0 Å². The smallest absolute Gasteiger partial charge is 0.124 e. The molecule has 0 aliphatic rings. The van der Waals surface area contributed by atoms with Crippen molar-refractivity contribution in [2.75, 3.05) is 11.9 Å². The predicted molar refractivity (Wildman–Crippen MR) is 80.8 cm³/mol. The monoisotopic (exact) mass is 265 g/mol. The van der Waals surface area contributed by atoms with Crippen molar-refractivity contribution in [2.24, 2.45) is 0 Å². The highest BCUT2D eigenvalue weighted by Crippen LogP contribution is 2.24. The molecule has 0 aliphatic heterocycles. The van der Waals surface area contributed by atoms with Crippen LogP contribution in [0.5, 0.6) is 5.75 Å². The van der Waals surface area contributed by atoms with Crippen LogP contribution in [0.4, 0.5) is 5.69 Å². The third-order valence-electron chi connectivity index (χ3n) is 3.18. The zero-order chi connectivity index (χ0) is 14.1. The van der Waals surface area contributed by atoms with Crippen LogP contribution in [0.1, 0.15) is 52.0 Å². The summed E-state index contributed by atoms with van der Waals surface area (Å²) >= 11 is 0. The van der Waals surface area contributed by atoms with Gasteiger partial charge in [0.1, 0.15) is 5.75 Å². The number of benzene rings is 1. The van der Waals surface area contributed by atoms with Crippen LogP contribution in [0.2, 0.25) is 0 Å². The molecule has 0 aliphatic carbocycles. The topological polar surface area (TPSA) is 41.5 Å². The van der Waals surface area contributed by atoms with Gasteiger partial charge in [-0.15, -0.1) is 0 Å². The fraction of sp³-hybridized carbons (Fsp3) is 0.625. The molecule has 108 valence electrons. The summed E-state index contributed by atoms with van der Waals surface area (Å²) in [5.74, 6) is 0.772. The molecule has 1 aromatic carbocycles. The summed E-state index contributed by atoms with van der Waals surface area (Å²) < 4.78 is 5.48. The molecule has 0 spiro atoms. The predicted octanol–water partition coefficient (Wildman–Crippen LogP) is 3.96. The summed E-state index contributed by atoms with van der Waals surface area (Å²) in [5, 5.41) is 12.8. The molecule has 0 amide bonds. The molecule has 0 radical (unpaired) electrons. The minimum Gasteiger partial charge on any atom is -0.494 e. The third-order valence-corrected chi connectivity index (χ3v) is 3.18. The summed E-state index contributed by atoms with van der Waals surface area (Å²) in [7, 11) is 0. The van der Waals surface area contributed by atoms with E-state index in [0.29, 0.717) is 12.6 Å². The van der Waals surface area contributed by atoms with E-state index in [4.69, 9.17) is 4.74 Å². The Hall–Kier alpha value is -1.22. The van der Waals surface area contributed by atoms with Crippen molar-refractivity contribution in [3.8, 4) is 5.75 Å². The van der Waals surface area contributed by atoms with Crippen LogP contribution in [0, 0.1) is 0 Å². The van der Waals surface area contributed by atoms with E-state index in [1.54, 1.807) is 0 Å². The van der Waals surface area contributed by atoms with Crippen molar-refractivity contribution >= 4 is 5.69 Å². The number of rotatable bonds is 9. The molecule has 0 aromatic heterocycles. The molecular formula is C16H27NO2. The quantitative estimate of drug-likeness (QED) is 0.664. The first-order valence-electron chi connectivity index (χ1n) is 7.34. The summed E-state index contributed by atoms with van der Waals surface area (Å²) in [6.07, 6.45) is 4.98. The first-order valence-corrected chi connectivity index (χ1v) is 7.34. The second kappa shape index (κ2) is 8.81. The lowest BCUT2D eigenvalue weighted by Gasteiger charge is -2.17. The average Bonchev–Trinajstić information content (AvgIpc) is 2.41. The number of nitrogens with one attached hydrogen (secondary N) is 1. The fourth-order valence-electron chi connectivity index (χ4n) is 2.15. The molecule has 2 N–H and O–H groups in total. The van der Waals surface area contributed by atoms with E-state index in [9.17, 15) is 5.11 Å². The fourth-order valence-corrected chi connectivity index (χ4v) is 2.15. The molecule has 0 heterocycles. The molecule has 3 heteroatoms. The van der Waals surface area contributed by atoms with E-state index in [0.717, 1.165) is 17.0 Å². The first-order chi connectivity index (χ1) is 9.21. The molecule has 0 saturated heterocycles. The Morgan fingerprint density at radius 1 is 1.26 bits per heavy atom. The number of hydrogen-bond acceptors (Lipinski definition) is 3. The maximum absolute atomic E-state index is 9.37. The second-order valence-corrected chi connectivity index (χ2v) is 4.95. The summed E-state index contributed by atoms with van der Waals surface area (Å²) in [6, 6.07) is 6.37. The van der Waals surface area contributed by atoms with Gasteiger partial charge >= 0.3 is 0 Å². The molecule has 0 bridgehead atoms. The van der Waals surface area contributed by atoms with Crippen LogP contribution < -0.4 is 10.1 Å². The molecule has 0 saturated carbocycles. The van der Waals surface area contributed by atoms with E-state index in [1.807, 2.05) is 25.1 Å². The van der Waals surface area contributed by atoms with E-state index in [-0.39, 0.29) is 6.61 Å². The van der Waals surface area contributed by atoms with Crippen LogP contribution in [0.25, 0.3) is 0 Å². The van der Waals surface area contributed by atoms with Gasteiger partial charge in [0.2, 0.25) is 0 Å². The number of ether oxygens (including phenoxy) is 1. The standard InChI is InChI=1S/C16H27NO2/c1-4-6-7-8-13(3)17-15-9-10-16(19-5-2)14(11-15)12-18/h9-11,13,17-18H,4-8,12H2,1-3H3. The zero-order valence-corrected chi connectivity index (χ0v) is 12.4. The zero-order valence-electron chi connectivity index (χ0n) is 12.4. The molecule has 0 fully saturated rings. The molecule has 1 atom stereocenters. The Balaban J connectivity index is 2.58. The van der Waals surface area contributed by atoms with Crippen molar-refractivity contribution in [2.45, 2.75) is 59.1 Å². The Bertz CT molecular complexity index is 366. The Morgan fingerprint density at radius 3 is 2.68 bits per heavy atom. The molecule has 1 aromatic rings. The Kier molecular flexibility index (Phi) is 7.34. The highest BCUT2D eigenvalue weighted by atomic mass is 16.5. The lowest BCUT2D eigenvalue weighted by molar-refractivity contribution is 0.267. The Labute approximate surface area is 117 Å². The Morgan fingerprint density at radius 2 is 2.05 bits per heavy atom. The number of anilines is 1. The highest BCUT2D eigenvalue weighted by molar-refractivity contribution is 5.51. The van der Waals surface area contributed by atoms with Gasteiger partial charge in [0, 0.05) is 17.3 Å². The van der Waals surface area contributed by atoms with Gasteiger partial charge in [-0.25, -0.2) is 0 Å². The van der Waals surface area contributed by atoms with Crippen molar-refractivity contribution in [3.63, 3.8) is 0 Å². The third kappa shape index (κ3) is 5.52.